The minimum absolute atomic E-state index is 0.0773. The van der Waals surface area contributed by atoms with Gasteiger partial charge in [0.1, 0.15) is 12.3 Å². The molecule has 80 valence electrons. The number of ether oxygens (including phenoxy) is 1. The molecule has 0 amide bonds. The van der Waals surface area contributed by atoms with Gasteiger partial charge in [0.05, 0.1) is 5.56 Å². The van der Waals surface area contributed by atoms with E-state index in [1.165, 1.54) is 19.4 Å². The van der Waals surface area contributed by atoms with Gasteiger partial charge in [-0.05, 0) is 18.1 Å². The number of hydrogen-bond donors (Lipinski definition) is 0. The maximum Gasteiger partial charge on any atom is 0.419 e. The highest BCUT2D eigenvalue weighted by molar-refractivity contribution is 5.37. The van der Waals surface area contributed by atoms with E-state index in [-0.39, 0.29) is 12.3 Å². The maximum atomic E-state index is 12.4. The van der Waals surface area contributed by atoms with Crippen LogP contribution in [0, 0.1) is 11.8 Å². The van der Waals surface area contributed by atoms with E-state index in [0.717, 1.165) is 6.07 Å². The molecule has 0 aromatic carbocycles. The highest BCUT2D eigenvalue weighted by Crippen LogP contribution is 2.30. The van der Waals surface area contributed by atoms with E-state index in [4.69, 9.17) is 0 Å². The van der Waals surface area contributed by atoms with E-state index < -0.39 is 11.7 Å². The Morgan fingerprint density at radius 1 is 1.47 bits per heavy atom. The number of pyridine rings is 1. The zero-order valence-electron chi connectivity index (χ0n) is 7.93. The van der Waals surface area contributed by atoms with E-state index in [1.807, 2.05) is 0 Å². The van der Waals surface area contributed by atoms with Crippen LogP contribution in [0.5, 0.6) is 0 Å². The second-order valence-corrected chi connectivity index (χ2v) is 2.63. The van der Waals surface area contributed by atoms with Crippen LogP contribution in [-0.2, 0) is 10.9 Å². The normalized spacial score (nSPS) is 10.7. The predicted octanol–water partition coefficient (Wildman–Crippen LogP) is 2.10. The summed E-state index contributed by atoms with van der Waals surface area (Å²) in [6, 6.07) is 2.17. The number of methoxy groups -OCH3 is 1. The molecule has 0 bridgehead atoms. The molecule has 1 aromatic heterocycles. The van der Waals surface area contributed by atoms with Gasteiger partial charge in [-0.2, -0.15) is 13.2 Å². The van der Waals surface area contributed by atoms with Crippen LogP contribution >= 0.6 is 0 Å². The molecule has 1 aromatic rings. The van der Waals surface area contributed by atoms with E-state index >= 15 is 0 Å². The molecule has 1 heterocycles. The van der Waals surface area contributed by atoms with Crippen LogP contribution < -0.4 is 0 Å². The van der Waals surface area contributed by atoms with Crippen LogP contribution in [0.4, 0.5) is 13.2 Å². The van der Waals surface area contributed by atoms with Crippen molar-refractivity contribution in [3.63, 3.8) is 0 Å². The summed E-state index contributed by atoms with van der Waals surface area (Å²) in [5, 5.41) is 0. The molecule has 0 saturated heterocycles. The summed E-state index contributed by atoms with van der Waals surface area (Å²) in [6.07, 6.45) is -3.16. The summed E-state index contributed by atoms with van der Waals surface area (Å²) >= 11 is 0. The Morgan fingerprint density at radius 2 is 2.20 bits per heavy atom. The average molecular weight is 215 g/mol. The molecule has 5 heteroatoms. The third-order valence-electron chi connectivity index (χ3n) is 1.54. The van der Waals surface area contributed by atoms with Crippen molar-refractivity contribution in [1.29, 1.82) is 0 Å². The van der Waals surface area contributed by atoms with Crippen molar-refractivity contribution in [3.05, 3.63) is 29.6 Å². The monoisotopic (exact) mass is 215 g/mol. The Bertz CT molecular complexity index is 390. The number of rotatable bonds is 1. The molecule has 0 saturated carbocycles. The van der Waals surface area contributed by atoms with Gasteiger partial charge >= 0.3 is 6.18 Å². The number of halogens is 3. The average Bonchev–Trinajstić information content (AvgIpc) is 2.17. The fourth-order valence-corrected chi connectivity index (χ4v) is 0.926. The van der Waals surface area contributed by atoms with E-state index in [0.29, 0.717) is 0 Å². The molecule has 0 aliphatic carbocycles. The van der Waals surface area contributed by atoms with Crippen molar-refractivity contribution in [2.75, 3.05) is 13.7 Å². The third-order valence-corrected chi connectivity index (χ3v) is 1.54. The van der Waals surface area contributed by atoms with Crippen molar-refractivity contribution in [2.45, 2.75) is 6.18 Å². The zero-order chi connectivity index (χ0) is 11.3. The van der Waals surface area contributed by atoms with Gasteiger partial charge in [0.15, 0.2) is 0 Å². The van der Waals surface area contributed by atoms with Crippen LogP contribution in [0.1, 0.15) is 11.3 Å². The van der Waals surface area contributed by atoms with Crippen LogP contribution in [0.25, 0.3) is 0 Å². The lowest BCUT2D eigenvalue weighted by atomic mass is 10.2. The van der Waals surface area contributed by atoms with Gasteiger partial charge < -0.3 is 4.74 Å². The van der Waals surface area contributed by atoms with Crippen molar-refractivity contribution in [2.24, 2.45) is 0 Å². The van der Waals surface area contributed by atoms with E-state index in [9.17, 15) is 13.2 Å². The van der Waals surface area contributed by atoms with Gasteiger partial charge in [-0.15, -0.1) is 0 Å². The summed E-state index contributed by atoms with van der Waals surface area (Å²) in [6.45, 7) is 0.0773. The summed E-state index contributed by atoms with van der Waals surface area (Å²) < 4.78 is 41.9. The highest BCUT2D eigenvalue weighted by atomic mass is 19.4. The lowest BCUT2D eigenvalue weighted by molar-refractivity contribution is -0.138. The predicted molar refractivity (Wildman–Crippen MR) is 48.0 cm³/mol. The third kappa shape index (κ3) is 3.26. The highest BCUT2D eigenvalue weighted by Gasteiger charge is 2.33. The Morgan fingerprint density at radius 3 is 2.80 bits per heavy atom. The van der Waals surface area contributed by atoms with Gasteiger partial charge in [0, 0.05) is 13.3 Å². The van der Waals surface area contributed by atoms with Gasteiger partial charge in [0.2, 0.25) is 0 Å². The van der Waals surface area contributed by atoms with Crippen LogP contribution in [-0.4, -0.2) is 18.7 Å². The Hall–Kier alpha value is -1.54. The number of aromatic nitrogens is 1. The van der Waals surface area contributed by atoms with E-state index in [2.05, 4.69) is 21.6 Å². The zero-order valence-corrected chi connectivity index (χ0v) is 7.93. The summed E-state index contributed by atoms with van der Waals surface area (Å²) in [5.41, 5.74) is -1.10. The summed E-state index contributed by atoms with van der Waals surface area (Å²) in [4.78, 5) is 3.57. The van der Waals surface area contributed by atoms with Gasteiger partial charge in [0.25, 0.3) is 0 Å². The molecule has 0 atom stereocenters. The number of nitrogens with zero attached hydrogens (tertiary/aromatic N) is 1. The Kier molecular flexibility index (Phi) is 3.69. The molecule has 0 aliphatic heterocycles. The smallest absolute Gasteiger partial charge is 0.372 e. The molecular formula is C10H8F3NO. The first-order valence-corrected chi connectivity index (χ1v) is 4.05. The van der Waals surface area contributed by atoms with Crippen molar-refractivity contribution in [1.82, 2.24) is 4.98 Å². The second kappa shape index (κ2) is 4.80. The quantitative estimate of drug-likeness (QED) is 0.669. The summed E-state index contributed by atoms with van der Waals surface area (Å²) in [5.74, 6) is 4.74. The minimum Gasteiger partial charge on any atom is -0.372 e. The lowest BCUT2D eigenvalue weighted by Gasteiger charge is -2.06. The van der Waals surface area contributed by atoms with Gasteiger partial charge in [-0.1, -0.05) is 5.92 Å². The maximum absolute atomic E-state index is 12.4. The Labute approximate surface area is 85.1 Å². The first-order valence-electron chi connectivity index (χ1n) is 4.05. The molecule has 0 spiro atoms. The Balaban J connectivity index is 3.04. The lowest BCUT2D eigenvalue weighted by Crippen LogP contribution is -2.08. The first kappa shape index (κ1) is 11.5. The van der Waals surface area contributed by atoms with Crippen molar-refractivity contribution in [3.8, 4) is 11.8 Å². The molecule has 0 radical (unpaired) electrons. The number of hydrogen-bond acceptors (Lipinski definition) is 2. The van der Waals surface area contributed by atoms with Crippen LogP contribution in [0.3, 0.4) is 0 Å². The molecule has 0 fully saturated rings. The summed E-state index contributed by atoms with van der Waals surface area (Å²) in [7, 11) is 1.41. The molecular weight excluding hydrogens is 207 g/mol. The second-order valence-electron chi connectivity index (χ2n) is 2.63. The topological polar surface area (TPSA) is 22.1 Å². The molecule has 0 N–H and O–H groups in total. The molecule has 1 rings (SSSR count). The van der Waals surface area contributed by atoms with Crippen LogP contribution in [0.15, 0.2) is 18.3 Å². The largest absolute Gasteiger partial charge is 0.419 e. The number of alkyl halides is 3. The first-order chi connectivity index (χ1) is 7.05. The standard InChI is InChI=1S/C10H8F3NO/c1-15-7-3-5-9-8(10(11,12)13)4-2-6-14-9/h2,4,6H,7H2,1H3. The molecule has 2 nitrogen and oxygen atoms in total. The fraction of sp³-hybridized carbons (Fsp3) is 0.300. The molecule has 0 aliphatic rings. The van der Waals surface area contributed by atoms with E-state index in [1.54, 1.807) is 0 Å². The molecule has 0 unspecified atom stereocenters. The minimum atomic E-state index is -4.43. The van der Waals surface area contributed by atoms with Crippen molar-refractivity contribution >= 4 is 0 Å². The van der Waals surface area contributed by atoms with Crippen molar-refractivity contribution < 1.29 is 17.9 Å². The fourth-order valence-electron chi connectivity index (χ4n) is 0.926. The van der Waals surface area contributed by atoms with Gasteiger partial charge in [-0.25, -0.2) is 4.98 Å². The molecule has 15 heavy (non-hydrogen) atoms. The van der Waals surface area contributed by atoms with Gasteiger partial charge in [-0.3, -0.25) is 0 Å². The van der Waals surface area contributed by atoms with Crippen LogP contribution in [0.2, 0.25) is 0 Å². The SMILES string of the molecule is COCC#Cc1ncccc1C(F)(F)F.